The molecule has 3 aromatic rings. The molecule has 3 nitrogen and oxygen atoms in total. The summed E-state index contributed by atoms with van der Waals surface area (Å²) in [6.45, 7) is 1.65. The average Bonchev–Trinajstić information content (AvgIpc) is 3.23. The fourth-order valence-corrected chi connectivity index (χ4v) is 4.01. The molecule has 3 heteroatoms. The zero-order valence-electron chi connectivity index (χ0n) is 16.5. The number of fused-ring (bicyclic) bond motifs is 1. The van der Waals surface area contributed by atoms with E-state index in [0.717, 1.165) is 30.4 Å². The Morgan fingerprint density at radius 2 is 1.38 bits per heavy atom. The van der Waals surface area contributed by atoms with E-state index in [0.29, 0.717) is 5.56 Å². The first-order valence-electron chi connectivity index (χ1n) is 10.1. The highest BCUT2D eigenvalue weighted by Gasteiger charge is 2.28. The Kier molecular flexibility index (Phi) is 5.57. The van der Waals surface area contributed by atoms with Gasteiger partial charge in [-0.2, -0.15) is 0 Å². The molecule has 1 aliphatic rings. The lowest BCUT2D eigenvalue weighted by atomic mass is 9.91. The van der Waals surface area contributed by atoms with Gasteiger partial charge in [-0.25, -0.2) is 0 Å². The molecule has 1 aliphatic carbocycles. The number of carbonyl (C=O) groups is 2. The number of rotatable bonds is 6. The van der Waals surface area contributed by atoms with Gasteiger partial charge in [0, 0.05) is 5.56 Å². The summed E-state index contributed by atoms with van der Waals surface area (Å²) in [7, 11) is 0. The van der Waals surface area contributed by atoms with Crippen molar-refractivity contribution in [2.45, 2.75) is 38.2 Å². The molecule has 0 saturated heterocycles. The lowest BCUT2D eigenvalue weighted by Gasteiger charge is -2.20. The summed E-state index contributed by atoms with van der Waals surface area (Å²) in [5, 5.41) is 0. The van der Waals surface area contributed by atoms with Gasteiger partial charge in [-0.3, -0.25) is 9.59 Å². The average molecular weight is 384 g/mol. The molecule has 0 spiro atoms. The molecule has 0 heterocycles. The Bertz CT molecular complexity index is 969. The number of benzene rings is 3. The maximum atomic E-state index is 13.1. The van der Waals surface area contributed by atoms with Crippen LogP contribution in [0.3, 0.4) is 0 Å². The molecule has 0 saturated carbocycles. The molecular formula is C26H24O3. The smallest absolute Gasteiger partial charge is 0.318 e. The fraction of sp³-hybridized carbons (Fsp3) is 0.231. The second-order valence-electron chi connectivity index (χ2n) is 7.53. The van der Waals surface area contributed by atoms with E-state index in [2.05, 4.69) is 0 Å². The predicted octanol–water partition coefficient (Wildman–Crippen LogP) is 5.12. The maximum Gasteiger partial charge on any atom is 0.318 e. The number of hydrogen-bond donors (Lipinski definition) is 0. The van der Waals surface area contributed by atoms with Gasteiger partial charge in [-0.15, -0.1) is 0 Å². The van der Waals surface area contributed by atoms with Crippen molar-refractivity contribution in [1.82, 2.24) is 0 Å². The summed E-state index contributed by atoms with van der Waals surface area (Å²) < 4.78 is 5.67. The van der Waals surface area contributed by atoms with Crippen LogP contribution in [0.1, 0.15) is 51.9 Å². The van der Waals surface area contributed by atoms with Gasteiger partial charge in [0.25, 0.3) is 0 Å². The number of aryl methyl sites for hydroxylation is 2. The SMILES string of the molecule is C[C@H](OC(=O)C(c1ccccc1)c1ccccc1)C(=O)c1ccc2c(c1)CCC2. The summed E-state index contributed by atoms with van der Waals surface area (Å²) in [4.78, 5) is 26.0. The van der Waals surface area contributed by atoms with E-state index >= 15 is 0 Å². The number of ketones is 1. The van der Waals surface area contributed by atoms with Crippen molar-refractivity contribution < 1.29 is 14.3 Å². The zero-order valence-corrected chi connectivity index (χ0v) is 16.5. The van der Waals surface area contributed by atoms with Crippen molar-refractivity contribution in [2.24, 2.45) is 0 Å². The molecule has 29 heavy (non-hydrogen) atoms. The molecule has 0 fully saturated rings. The quantitative estimate of drug-likeness (QED) is 0.437. The van der Waals surface area contributed by atoms with Gasteiger partial charge in [0.15, 0.2) is 6.10 Å². The highest BCUT2D eigenvalue weighted by Crippen LogP contribution is 2.27. The summed E-state index contributed by atoms with van der Waals surface area (Å²) in [5.41, 5.74) is 4.86. The number of ether oxygens (including phenoxy) is 1. The van der Waals surface area contributed by atoms with Gasteiger partial charge in [0.1, 0.15) is 5.92 Å². The monoisotopic (exact) mass is 384 g/mol. The van der Waals surface area contributed by atoms with Crippen molar-refractivity contribution >= 4 is 11.8 Å². The molecule has 0 N–H and O–H groups in total. The minimum atomic E-state index is -0.836. The van der Waals surface area contributed by atoms with Crippen molar-refractivity contribution in [3.63, 3.8) is 0 Å². The van der Waals surface area contributed by atoms with Crippen LogP contribution in [-0.2, 0) is 22.4 Å². The Hall–Kier alpha value is -3.20. The normalized spacial score (nSPS) is 13.7. The van der Waals surface area contributed by atoms with E-state index in [1.54, 1.807) is 6.92 Å². The summed E-state index contributed by atoms with van der Waals surface area (Å²) in [6, 6.07) is 24.9. The fourth-order valence-electron chi connectivity index (χ4n) is 4.01. The summed E-state index contributed by atoms with van der Waals surface area (Å²) >= 11 is 0. The van der Waals surface area contributed by atoms with E-state index < -0.39 is 18.0 Å². The van der Waals surface area contributed by atoms with Crippen LogP contribution in [0.15, 0.2) is 78.9 Å². The van der Waals surface area contributed by atoms with E-state index in [1.165, 1.54) is 11.1 Å². The molecule has 0 aromatic heterocycles. The highest BCUT2D eigenvalue weighted by atomic mass is 16.5. The highest BCUT2D eigenvalue weighted by molar-refractivity contribution is 6.00. The van der Waals surface area contributed by atoms with Crippen molar-refractivity contribution in [3.05, 3.63) is 107 Å². The van der Waals surface area contributed by atoms with Gasteiger partial charge in [0.2, 0.25) is 5.78 Å². The van der Waals surface area contributed by atoms with Crippen LogP contribution in [0.5, 0.6) is 0 Å². The molecule has 0 bridgehead atoms. The molecule has 4 rings (SSSR count). The second-order valence-corrected chi connectivity index (χ2v) is 7.53. The third kappa shape index (κ3) is 4.14. The topological polar surface area (TPSA) is 43.4 Å². The third-order valence-electron chi connectivity index (χ3n) is 5.55. The minimum Gasteiger partial charge on any atom is -0.454 e. The van der Waals surface area contributed by atoms with Crippen molar-refractivity contribution in [3.8, 4) is 0 Å². The van der Waals surface area contributed by atoms with Gasteiger partial charge in [-0.1, -0.05) is 72.8 Å². The van der Waals surface area contributed by atoms with Crippen LogP contribution in [0.25, 0.3) is 0 Å². The lowest BCUT2D eigenvalue weighted by molar-refractivity contribution is -0.147. The Balaban J connectivity index is 1.55. The molecule has 0 radical (unpaired) electrons. The number of hydrogen-bond acceptors (Lipinski definition) is 3. The minimum absolute atomic E-state index is 0.159. The Morgan fingerprint density at radius 3 is 2.00 bits per heavy atom. The summed E-state index contributed by atoms with van der Waals surface area (Å²) in [5.74, 6) is -1.13. The maximum absolute atomic E-state index is 13.1. The van der Waals surface area contributed by atoms with E-state index in [4.69, 9.17) is 4.74 Å². The van der Waals surface area contributed by atoms with Crippen LogP contribution in [0.4, 0.5) is 0 Å². The Labute approximate surface area is 171 Å². The number of Topliss-reactive ketones (excluding diaryl/α,β-unsaturated/α-hetero) is 1. The van der Waals surface area contributed by atoms with Crippen LogP contribution < -0.4 is 0 Å². The summed E-state index contributed by atoms with van der Waals surface area (Å²) in [6.07, 6.45) is 2.38. The van der Waals surface area contributed by atoms with E-state index in [1.807, 2.05) is 78.9 Å². The van der Waals surface area contributed by atoms with Crippen LogP contribution in [0, 0.1) is 0 Å². The molecule has 0 amide bonds. The van der Waals surface area contributed by atoms with Gasteiger partial charge in [-0.05, 0) is 54.5 Å². The first kappa shape index (κ1) is 19.1. The van der Waals surface area contributed by atoms with E-state index in [-0.39, 0.29) is 5.78 Å². The first-order valence-corrected chi connectivity index (χ1v) is 10.1. The van der Waals surface area contributed by atoms with Gasteiger partial charge in [0.05, 0.1) is 0 Å². The second kappa shape index (κ2) is 8.44. The first-order chi connectivity index (χ1) is 14.1. The third-order valence-corrected chi connectivity index (χ3v) is 5.55. The molecule has 146 valence electrons. The van der Waals surface area contributed by atoms with E-state index in [9.17, 15) is 9.59 Å². The lowest BCUT2D eigenvalue weighted by Crippen LogP contribution is -2.28. The van der Waals surface area contributed by atoms with Crippen molar-refractivity contribution in [2.75, 3.05) is 0 Å². The Morgan fingerprint density at radius 1 is 0.793 bits per heavy atom. The number of esters is 1. The largest absolute Gasteiger partial charge is 0.454 e. The van der Waals surface area contributed by atoms with Crippen LogP contribution in [-0.4, -0.2) is 17.9 Å². The molecule has 0 unspecified atom stereocenters. The predicted molar refractivity (Wildman–Crippen MR) is 113 cm³/mol. The van der Waals surface area contributed by atoms with Crippen molar-refractivity contribution in [1.29, 1.82) is 0 Å². The molecular weight excluding hydrogens is 360 g/mol. The molecule has 3 aromatic carbocycles. The number of carbonyl (C=O) groups excluding carboxylic acids is 2. The zero-order chi connectivity index (χ0) is 20.2. The molecule has 0 aliphatic heterocycles. The molecule has 1 atom stereocenters. The van der Waals surface area contributed by atoms with Gasteiger partial charge < -0.3 is 4.74 Å². The van der Waals surface area contributed by atoms with Crippen LogP contribution in [0.2, 0.25) is 0 Å². The van der Waals surface area contributed by atoms with Crippen LogP contribution >= 0.6 is 0 Å². The van der Waals surface area contributed by atoms with Gasteiger partial charge >= 0.3 is 5.97 Å². The standard InChI is InChI=1S/C26H24O3/c1-18(25(27)23-16-15-19-13-8-14-22(19)17-23)29-26(28)24(20-9-4-2-5-10-20)21-11-6-3-7-12-21/h2-7,9-12,15-18,24H,8,13-14H2,1H3/t18-/m0/s1.